The summed E-state index contributed by atoms with van der Waals surface area (Å²) < 4.78 is 15.2. The maximum Gasteiger partial charge on any atom is 0.263 e. The van der Waals surface area contributed by atoms with E-state index < -0.39 is 5.92 Å². The molecule has 7 nitrogen and oxygen atoms in total. The van der Waals surface area contributed by atoms with Crippen molar-refractivity contribution in [1.29, 1.82) is 0 Å². The van der Waals surface area contributed by atoms with Crippen LogP contribution in [0.4, 0.5) is 10.1 Å². The molecular weight excluding hydrogens is 525 g/mol. The van der Waals surface area contributed by atoms with E-state index in [0.717, 1.165) is 27.8 Å². The van der Waals surface area contributed by atoms with Crippen molar-refractivity contribution in [1.82, 2.24) is 20.1 Å². The van der Waals surface area contributed by atoms with Crippen LogP contribution in [0.1, 0.15) is 34.3 Å². The molecule has 0 aliphatic carbocycles. The highest BCUT2D eigenvalue weighted by Crippen LogP contribution is 2.36. The number of aromatic nitrogens is 3. The van der Waals surface area contributed by atoms with Crippen LogP contribution in [0.15, 0.2) is 84.5 Å². The van der Waals surface area contributed by atoms with Crippen LogP contribution in [0.25, 0.3) is 16.6 Å². The third-order valence-corrected chi connectivity index (χ3v) is 8.53. The molecule has 0 saturated carbocycles. The summed E-state index contributed by atoms with van der Waals surface area (Å²) in [5, 5.41) is 8.58. The number of benzene rings is 3. The highest BCUT2D eigenvalue weighted by molar-refractivity contribution is 7.11. The number of carbonyl (C=O) groups is 2. The van der Waals surface area contributed by atoms with Crippen molar-refractivity contribution < 1.29 is 14.0 Å². The van der Waals surface area contributed by atoms with Gasteiger partial charge >= 0.3 is 0 Å². The van der Waals surface area contributed by atoms with Gasteiger partial charge in [0.2, 0.25) is 5.91 Å². The van der Waals surface area contributed by atoms with Crippen LogP contribution in [0.5, 0.6) is 0 Å². The molecule has 3 heterocycles. The topological polar surface area (TPSA) is 80.1 Å². The SMILES string of the molecule is CCC1[C@@H](NC(=O)c2scnc2C)C(Cc2ccccc2)C(=O)N1c1ccc2c(cnn2-c2ccc(F)cc2)c1. The van der Waals surface area contributed by atoms with Gasteiger partial charge in [-0.15, -0.1) is 11.3 Å². The Morgan fingerprint density at radius 3 is 2.50 bits per heavy atom. The summed E-state index contributed by atoms with van der Waals surface area (Å²) in [6.45, 7) is 3.86. The molecule has 1 aliphatic rings. The fraction of sp³-hybridized carbons (Fsp3) is 0.226. The molecule has 1 saturated heterocycles. The second-order valence-corrected chi connectivity index (χ2v) is 10.9. The van der Waals surface area contributed by atoms with Crippen LogP contribution < -0.4 is 10.2 Å². The molecule has 40 heavy (non-hydrogen) atoms. The zero-order valence-corrected chi connectivity index (χ0v) is 22.9. The van der Waals surface area contributed by atoms with Crippen molar-refractivity contribution in [3.63, 3.8) is 0 Å². The third kappa shape index (κ3) is 4.66. The molecule has 3 aromatic carbocycles. The largest absolute Gasteiger partial charge is 0.346 e. The maximum atomic E-state index is 14.1. The molecule has 9 heteroatoms. The van der Waals surface area contributed by atoms with Crippen molar-refractivity contribution in [2.75, 3.05) is 4.90 Å². The molecule has 0 spiro atoms. The molecule has 2 aromatic heterocycles. The summed E-state index contributed by atoms with van der Waals surface area (Å²) in [6, 6.07) is 21.3. The van der Waals surface area contributed by atoms with Gasteiger partial charge in [-0.3, -0.25) is 9.59 Å². The summed E-state index contributed by atoms with van der Waals surface area (Å²) in [5.41, 5.74) is 5.74. The normalized spacial score (nSPS) is 18.9. The van der Waals surface area contributed by atoms with Gasteiger partial charge in [0.15, 0.2) is 0 Å². The molecule has 2 unspecified atom stereocenters. The summed E-state index contributed by atoms with van der Waals surface area (Å²) in [5.74, 6) is -0.959. The number of fused-ring (bicyclic) bond motifs is 1. The standard InChI is InChI=1S/C31H28FN5O2S/c1-3-26-28(35-30(38)29-19(2)33-18-40-29)25(15-20-7-5-4-6-8-20)31(39)36(26)24-13-14-27-21(16-24)17-34-37(27)23-11-9-22(32)10-12-23/h4-14,16-18,25-26,28H,3,15H2,1-2H3,(H,35,38)/t25?,26?,28-/m0/s1. The average Bonchev–Trinajstić information content (AvgIpc) is 3.66. The molecule has 1 N–H and O–H groups in total. The number of carbonyl (C=O) groups excluding carboxylic acids is 2. The first-order valence-electron chi connectivity index (χ1n) is 13.3. The number of aryl methyl sites for hydroxylation is 1. The molecule has 5 aromatic rings. The van der Waals surface area contributed by atoms with Gasteiger partial charge in [-0.05, 0) is 67.8 Å². The molecule has 1 fully saturated rings. The number of nitrogens with one attached hydrogen (secondary N) is 1. The number of hydrogen-bond donors (Lipinski definition) is 1. The Hall–Kier alpha value is -4.37. The van der Waals surface area contributed by atoms with Crippen LogP contribution in [0.3, 0.4) is 0 Å². The average molecular weight is 554 g/mol. The highest BCUT2D eigenvalue weighted by atomic mass is 32.1. The van der Waals surface area contributed by atoms with E-state index in [4.69, 9.17) is 0 Å². The lowest BCUT2D eigenvalue weighted by molar-refractivity contribution is -0.120. The molecule has 6 rings (SSSR count). The predicted octanol–water partition coefficient (Wildman–Crippen LogP) is 5.71. The minimum absolute atomic E-state index is 0.0210. The van der Waals surface area contributed by atoms with Crippen molar-refractivity contribution in [3.8, 4) is 5.69 Å². The lowest BCUT2D eigenvalue weighted by Gasteiger charge is -2.28. The number of thiazole rings is 1. The molecule has 0 radical (unpaired) electrons. The predicted molar refractivity (Wildman–Crippen MR) is 154 cm³/mol. The van der Waals surface area contributed by atoms with Crippen molar-refractivity contribution in [2.24, 2.45) is 5.92 Å². The summed E-state index contributed by atoms with van der Waals surface area (Å²) >= 11 is 1.30. The number of hydrogen-bond acceptors (Lipinski definition) is 5. The van der Waals surface area contributed by atoms with Crippen LogP contribution >= 0.6 is 11.3 Å². The Balaban J connectivity index is 1.36. The van der Waals surface area contributed by atoms with Crippen molar-refractivity contribution in [2.45, 2.75) is 38.8 Å². The van der Waals surface area contributed by atoms with E-state index in [9.17, 15) is 14.0 Å². The van der Waals surface area contributed by atoms with E-state index >= 15 is 0 Å². The number of anilines is 1. The minimum atomic E-state index is -0.429. The Morgan fingerprint density at radius 1 is 1.05 bits per heavy atom. The zero-order valence-electron chi connectivity index (χ0n) is 22.1. The molecule has 2 amide bonds. The summed E-state index contributed by atoms with van der Waals surface area (Å²) in [7, 11) is 0. The quantitative estimate of drug-likeness (QED) is 0.280. The van der Waals surface area contributed by atoms with Crippen LogP contribution in [0, 0.1) is 18.7 Å². The van der Waals surface area contributed by atoms with Crippen LogP contribution in [-0.4, -0.2) is 38.7 Å². The summed E-state index contributed by atoms with van der Waals surface area (Å²) in [4.78, 5) is 34.1. The van der Waals surface area contributed by atoms with Gasteiger partial charge in [-0.2, -0.15) is 5.10 Å². The van der Waals surface area contributed by atoms with Gasteiger partial charge in [-0.1, -0.05) is 37.3 Å². The van der Waals surface area contributed by atoms with Gasteiger partial charge in [0.25, 0.3) is 5.91 Å². The fourth-order valence-electron chi connectivity index (χ4n) is 5.65. The Morgan fingerprint density at radius 2 is 1.80 bits per heavy atom. The second kappa shape index (κ2) is 10.7. The first-order valence-corrected chi connectivity index (χ1v) is 14.1. The molecule has 202 valence electrons. The Labute approximate surface area is 235 Å². The summed E-state index contributed by atoms with van der Waals surface area (Å²) in [6.07, 6.45) is 2.93. The van der Waals surface area contributed by atoms with Gasteiger partial charge in [0.1, 0.15) is 10.7 Å². The highest BCUT2D eigenvalue weighted by Gasteiger charge is 2.48. The lowest BCUT2D eigenvalue weighted by atomic mass is 9.90. The first kappa shape index (κ1) is 25.9. The Kier molecular flexibility index (Phi) is 6.89. The maximum absolute atomic E-state index is 14.1. The van der Waals surface area contributed by atoms with E-state index in [-0.39, 0.29) is 29.7 Å². The number of halogens is 1. The molecule has 0 bridgehead atoms. The van der Waals surface area contributed by atoms with Crippen molar-refractivity contribution in [3.05, 3.63) is 106 Å². The molecule has 3 atom stereocenters. The van der Waals surface area contributed by atoms with Crippen LogP contribution in [0.2, 0.25) is 0 Å². The molecule has 1 aliphatic heterocycles. The van der Waals surface area contributed by atoms with Gasteiger partial charge in [0, 0.05) is 11.1 Å². The van der Waals surface area contributed by atoms with Crippen LogP contribution in [-0.2, 0) is 11.2 Å². The van der Waals surface area contributed by atoms with E-state index in [1.807, 2.05) is 67.3 Å². The number of nitrogens with zero attached hydrogens (tertiary/aromatic N) is 4. The second-order valence-electron chi connectivity index (χ2n) is 10.0. The van der Waals surface area contributed by atoms with E-state index in [2.05, 4.69) is 15.4 Å². The third-order valence-electron chi connectivity index (χ3n) is 7.60. The van der Waals surface area contributed by atoms with Gasteiger partial charge < -0.3 is 10.2 Å². The number of rotatable bonds is 7. The van der Waals surface area contributed by atoms with Gasteiger partial charge in [0.05, 0.1) is 46.6 Å². The molecular formula is C31H28FN5O2S. The first-order chi connectivity index (χ1) is 19.4. The van der Waals surface area contributed by atoms with E-state index in [1.165, 1.54) is 23.5 Å². The minimum Gasteiger partial charge on any atom is -0.346 e. The van der Waals surface area contributed by atoms with Gasteiger partial charge in [-0.25, -0.2) is 14.1 Å². The van der Waals surface area contributed by atoms with Crippen molar-refractivity contribution >= 4 is 39.7 Å². The lowest BCUT2D eigenvalue weighted by Crippen LogP contribution is -2.47. The Bertz CT molecular complexity index is 1680. The smallest absolute Gasteiger partial charge is 0.263 e. The fourth-order valence-corrected chi connectivity index (χ4v) is 6.36. The monoisotopic (exact) mass is 553 g/mol. The zero-order chi connectivity index (χ0) is 27.8. The number of amides is 2. The van der Waals surface area contributed by atoms with E-state index in [1.54, 1.807) is 28.5 Å². The van der Waals surface area contributed by atoms with E-state index in [0.29, 0.717) is 23.4 Å².